The Labute approximate surface area is 158 Å². The fourth-order valence-electron chi connectivity index (χ4n) is 3.86. The van der Waals surface area contributed by atoms with Gasteiger partial charge in [0.2, 0.25) is 11.7 Å². The van der Waals surface area contributed by atoms with Crippen LogP contribution in [0, 0.1) is 0 Å². The van der Waals surface area contributed by atoms with E-state index in [1.54, 1.807) is 16.5 Å². The van der Waals surface area contributed by atoms with E-state index in [2.05, 4.69) is 15.3 Å². The number of ether oxygens (including phenoxy) is 1. The summed E-state index contributed by atoms with van der Waals surface area (Å²) >= 11 is 0. The molecule has 5 rings (SSSR count). The number of carbonyl (C=O) groups excluding carboxylic acids is 1. The van der Waals surface area contributed by atoms with Gasteiger partial charge in [0.05, 0.1) is 23.7 Å². The number of nitrogens with zero attached hydrogens (tertiary/aromatic N) is 2. The van der Waals surface area contributed by atoms with E-state index in [1.165, 1.54) is 13.2 Å². The van der Waals surface area contributed by atoms with Crippen molar-refractivity contribution < 1.29 is 14.6 Å². The molecule has 2 aromatic heterocycles. The molecular weight excluding hydrogens is 360 g/mol. The quantitative estimate of drug-likeness (QED) is 0.498. The highest BCUT2D eigenvalue weighted by atomic mass is 16.5. The number of hydrogen-bond acceptors (Lipinski definition) is 5. The summed E-state index contributed by atoms with van der Waals surface area (Å²) in [6.07, 6.45) is 0.0972. The molecule has 3 N–H and O–H groups in total. The first-order valence-electron chi connectivity index (χ1n) is 8.77. The van der Waals surface area contributed by atoms with Gasteiger partial charge in [-0.1, -0.05) is 18.2 Å². The largest absolute Gasteiger partial charge is 0.504 e. The maximum absolute atomic E-state index is 12.9. The average molecular weight is 376 g/mol. The third kappa shape index (κ3) is 2.27. The number of nitrogens with one attached hydrogen (secondary N) is 2. The summed E-state index contributed by atoms with van der Waals surface area (Å²) < 4.78 is 6.84. The van der Waals surface area contributed by atoms with E-state index in [4.69, 9.17) is 4.74 Å². The van der Waals surface area contributed by atoms with Crippen LogP contribution in [0.2, 0.25) is 0 Å². The Kier molecular flexibility index (Phi) is 3.42. The zero-order chi connectivity index (χ0) is 19.4. The maximum atomic E-state index is 12.9. The second-order valence-corrected chi connectivity index (χ2v) is 6.71. The van der Waals surface area contributed by atoms with Crippen LogP contribution in [0.5, 0.6) is 11.5 Å². The van der Waals surface area contributed by atoms with Crippen LogP contribution in [0.15, 0.2) is 47.3 Å². The fraction of sp³-hybridized carbons (Fsp3) is 0.150. The van der Waals surface area contributed by atoms with Gasteiger partial charge in [-0.3, -0.25) is 19.0 Å². The van der Waals surface area contributed by atoms with Gasteiger partial charge in [0.15, 0.2) is 11.5 Å². The van der Waals surface area contributed by atoms with E-state index in [-0.39, 0.29) is 23.6 Å². The van der Waals surface area contributed by atoms with Crippen molar-refractivity contribution in [3.63, 3.8) is 0 Å². The molecule has 1 aliphatic rings. The molecule has 2 aromatic carbocycles. The van der Waals surface area contributed by atoms with E-state index in [0.717, 1.165) is 5.52 Å². The predicted molar refractivity (Wildman–Crippen MR) is 103 cm³/mol. The number of para-hydroxylation sites is 2. The summed E-state index contributed by atoms with van der Waals surface area (Å²) in [6.45, 7) is 0. The fourth-order valence-corrected chi connectivity index (χ4v) is 3.86. The Balaban J connectivity index is 1.81. The number of aromatic nitrogens is 3. The Bertz CT molecular complexity index is 1320. The minimum Gasteiger partial charge on any atom is -0.504 e. The summed E-state index contributed by atoms with van der Waals surface area (Å²) in [5.41, 5.74) is 2.26. The lowest BCUT2D eigenvalue weighted by atomic mass is 9.86. The number of benzene rings is 2. The van der Waals surface area contributed by atoms with E-state index < -0.39 is 5.92 Å². The number of amides is 1. The molecule has 0 saturated heterocycles. The van der Waals surface area contributed by atoms with E-state index >= 15 is 0 Å². The highest BCUT2D eigenvalue weighted by Crippen LogP contribution is 2.38. The van der Waals surface area contributed by atoms with Crippen molar-refractivity contribution >= 4 is 28.5 Å². The average Bonchev–Trinajstić information content (AvgIpc) is 3.05. The van der Waals surface area contributed by atoms with Gasteiger partial charge in [-0.2, -0.15) is 0 Å². The molecule has 8 nitrogen and oxygen atoms in total. The SMILES string of the molecule is COc1ccc([C@@H]2CC(=O)Nc3c2c(=O)[nH]c2nc4ccccc4n32)cc1O. The van der Waals surface area contributed by atoms with Crippen LogP contribution in [0.3, 0.4) is 0 Å². The molecule has 8 heteroatoms. The molecule has 140 valence electrons. The number of phenols is 1. The van der Waals surface area contributed by atoms with Crippen LogP contribution in [0.1, 0.15) is 23.5 Å². The molecule has 0 unspecified atom stereocenters. The van der Waals surface area contributed by atoms with E-state index in [1.807, 2.05) is 24.3 Å². The first-order valence-corrected chi connectivity index (χ1v) is 8.77. The van der Waals surface area contributed by atoms with Crippen molar-refractivity contribution in [1.29, 1.82) is 0 Å². The van der Waals surface area contributed by atoms with Crippen LogP contribution in [0.25, 0.3) is 16.8 Å². The smallest absolute Gasteiger partial charge is 0.258 e. The molecule has 0 saturated carbocycles. The van der Waals surface area contributed by atoms with Gasteiger partial charge >= 0.3 is 0 Å². The number of carbonyl (C=O) groups is 1. The molecule has 0 aliphatic carbocycles. The van der Waals surface area contributed by atoms with Crippen LogP contribution in [-0.4, -0.2) is 32.5 Å². The number of methoxy groups -OCH3 is 1. The number of rotatable bonds is 2. The molecule has 0 bridgehead atoms. The second-order valence-electron chi connectivity index (χ2n) is 6.71. The van der Waals surface area contributed by atoms with Crippen molar-refractivity contribution in [2.45, 2.75) is 12.3 Å². The Morgan fingerprint density at radius 3 is 2.82 bits per heavy atom. The van der Waals surface area contributed by atoms with Gasteiger partial charge in [0.25, 0.3) is 5.56 Å². The van der Waals surface area contributed by atoms with Crippen molar-refractivity contribution in [3.8, 4) is 11.5 Å². The number of H-pyrrole nitrogens is 1. The molecule has 0 spiro atoms. The minimum absolute atomic E-state index is 0.0434. The number of fused-ring (bicyclic) bond motifs is 5. The Morgan fingerprint density at radius 2 is 2.04 bits per heavy atom. The first-order chi connectivity index (χ1) is 13.6. The number of hydrogen-bond donors (Lipinski definition) is 3. The van der Waals surface area contributed by atoms with Gasteiger partial charge in [-0.25, -0.2) is 4.98 Å². The van der Waals surface area contributed by atoms with Crippen LogP contribution in [-0.2, 0) is 4.79 Å². The lowest BCUT2D eigenvalue weighted by Gasteiger charge is -2.26. The number of anilines is 1. The molecule has 0 fully saturated rings. The van der Waals surface area contributed by atoms with Gasteiger partial charge < -0.3 is 15.2 Å². The molecule has 4 aromatic rings. The molecule has 28 heavy (non-hydrogen) atoms. The third-order valence-electron chi connectivity index (χ3n) is 5.11. The summed E-state index contributed by atoms with van der Waals surface area (Å²) in [6, 6.07) is 12.4. The highest BCUT2D eigenvalue weighted by Gasteiger charge is 2.32. The van der Waals surface area contributed by atoms with Crippen molar-refractivity contribution in [2.24, 2.45) is 0 Å². The van der Waals surface area contributed by atoms with Crippen LogP contribution >= 0.6 is 0 Å². The molecular formula is C20H16N4O4. The standard InChI is InChI=1S/C20H16N4O4/c1-28-15-7-6-10(8-14(15)25)11-9-16(26)22-18-17(11)19(27)23-20-21-12-4-2-3-5-13(12)24(18)20/h2-8,11,25H,9H2,1H3,(H,22,26)(H,21,23,27)/t11-/m0/s1. The second kappa shape index (κ2) is 5.85. The zero-order valence-corrected chi connectivity index (χ0v) is 14.9. The molecule has 1 aliphatic heterocycles. The van der Waals surface area contributed by atoms with Crippen molar-refractivity contribution in [3.05, 3.63) is 63.9 Å². The molecule has 1 amide bonds. The lowest BCUT2D eigenvalue weighted by molar-refractivity contribution is -0.116. The molecule has 3 heterocycles. The summed E-state index contributed by atoms with van der Waals surface area (Å²) in [7, 11) is 1.46. The number of imidazole rings is 1. The first kappa shape index (κ1) is 16.4. The maximum Gasteiger partial charge on any atom is 0.258 e. The molecule has 0 radical (unpaired) electrons. The summed E-state index contributed by atoms with van der Waals surface area (Å²) in [5, 5.41) is 13.0. The third-order valence-corrected chi connectivity index (χ3v) is 5.11. The minimum atomic E-state index is -0.505. The van der Waals surface area contributed by atoms with Crippen molar-refractivity contribution in [1.82, 2.24) is 14.4 Å². The number of phenolic OH excluding ortho intramolecular Hbond substituents is 1. The summed E-state index contributed by atoms with van der Waals surface area (Å²) in [5.74, 6) is 0.340. The van der Waals surface area contributed by atoms with Gasteiger partial charge in [0.1, 0.15) is 5.82 Å². The highest BCUT2D eigenvalue weighted by molar-refractivity contribution is 5.96. The predicted octanol–water partition coefficient (Wildman–Crippen LogP) is 2.36. The van der Waals surface area contributed by atoms with Crippen LogP contribution in [0.4, 0.5) is 5.82 Å². The van der Waals surface area contributed by atoms with E-state index in [0.29, 0.717) is 34.0 Å². The Morgan fingerprint density at radius 1 is 1.21 bits per heavy atom. The topological polar surface area (TPSA) is 109 Å². The Hall–Kier alpha value is -3.81. The monoisotopic (exact) mass is 376 g/mol. The summed E-state index contributed by atoms with van der Waals surface area (Å²) in [4.78, 5) is 32.7. The van der Waals surface area contributed by atoms with E-state index in [9.17, 15) is 14.7 Å². The lowest BCUT2D eigenvalue weighted by Crippen LogP contribution is -2.32. The molecule has 1 atom stereocenters. The van der Waals surface area contributed by atoms with Gasteiger partial charge in [-0.05, 0) is 29.8 Å². The van der Waals surface area contributed by atoms with Gasteiger partial charge in [-0.15, -0.1) is 0 Å². The normalized spacial score (nSPS) is 16.2. The van der Waals surface area contributed by atoms with Gasteiger partial charge in [0, 0.05) is 12.3 Å². The zero-order valence-electron chi connectivity index (χ0n) is 14.9. The number of aromatic hydroxyl groups is 1. The van der Waals surface area contributed by atoms with Crippen LogP contribution < -0.4 is 15.6 Å². The number of aromatic amines is 1. The van der Waals surface area contributed by atoms with Crippen molar-refractivity contribution in [2.75, 3.05) is 12.4 Å².